The lowest BCUT2D eigenvalue weighted by Crippen LogP contribution is -2.19. The Labute approximate surface area is 106 Å². The van der Waals surface area contributed by atoms with Gasteiger partial charge in [-0.25, -0.2) is 0 Å². The van der Waals surface area contributed by atoms with E-state index in [0.717, 1.165) is 37.7 Å². The Hall–Kier alpha value is -0.460. The van der Waals surface area contributed by atoms with Gasteiger partial charge in [0, 0.05) is 16.7 Å². The predicted molar refractivity (Wildman–Crippen MR) is 65.6 cm³/mol. The van der Waals surface area contributed by atoms with E-state index in [1.54, 1.807) is 6.07 Å². The van der Waals surface area contributed by atoms with Crippen molar-refractivity contribution in [3.63, 3.8) is 0 Å². The molecule has 1 aromatic rings. The van der Waals surface area contributed by atoms with Crippen molar-refractivity contribution in [3.05, 3.63) is 27.3 Å². The Kier molecular flexibility index (Phi) is 3.32. The minimum Gasteiger partial charge on any atom is -0.371 e. The molecule has 1 aliphatic rings. The van der Waals surface area contributed by atoms with Crippen LogP contribution in [-0.2, 0) is 6.18 Å². The molecule has 0 radical (unpaired) electrons. The van der Waals surface area contributed by atoms with Gasteiger partial charge in [-0.3, -0.25) is 0 Å². The average molecular weight is 341 g/mol. The molecule has 0 unspecified atom stereocenters. The van der Waals surface area contributed by atoms with Crippen molar-refractivity contribution >= 4 is 28.3 Å². The second-order valence-corrected chi connectivity index (χ2v) is 5.02. The minimum atomic E-state index is -4.25. The highest BCUT2D eigenvalue weighted by atomic mass is 127. The van der Waals surface area contributed by atoms with Crippen LogP contribution in [0.4, 0.5) is 18.9 Å². The van der Waals surface area contributed by atoms with Gasteiger partial charge in [-0.1, -0.05) is 0 Å². The van der Waals surface area contributed by atoms with Crippen LogP contribution in [0, 0.1) is 3.57 Å². The fourth-order valence-electron chi connectivity index (χ4n) is 1.90. The molecule has 5 heteroatoms. The van der Waals surface area contributed by atoms with Crippen molar-refractivity contribution in [1.29, 1.82) is 0 Å². The molecule has 1 aliphatic heterocycles. The van der Waals surface area contributed by atoms with Crippen LogP contribution in [0.3, 0.4) is 0 Å². The van der Waals surface area contributed by atoms with E-state index >= 15 is 0 Å². The molecule has 0 atom stereocenters. The topological polar surface area (TPSA) is 3.24 Å². The van der Waals surface area contributed by atoms with Crippen LogP contribution in [0.25, 0.3) is 0 Å². The Balaban J connectivity index is 2.29. The molecule has 88 valence electrons. The molecule has 0 aromatic heterocycles. The zero-order valence-corrected chi connectivity index (χ0v) is 10.7. The standard InChI is InChI=1S/C11H11F3IN/c12-11(13,14)8-3-4-10(9(15)7-8)16-5-1-2-6-16/h3-4,7H,1-2,5-6H2. The third-order valence-electron chi connectivity index (χ3n) is 2.72. The summed E-state index contributed by atoms with van der Waals surface area (Å²) >= 11 is 1.97. The number of hydrogen-bond donors (Lipinski definition) is 0. The van der Waals surface area contributed by atoms with Crippen LogP contribution in [-0.4, -0.2) is 13.1 Å². The van der Waals surface area contributed by atoms with Gasteiger partial charge in [-0.2, -0.15) is 13.2 Å². The van der Waals surface area contributed by atoms with Gasteiger partial charge in [0.15, 0.2) is 0 Å². The third kappa shape index (κ3) is 2.44. The summed E-state index contributed by atoms with van der Waals surface area (Å²) in [6, 6.07) is 3.96. The van der Waals surface area contributed by atoms with E-state index < -0.39 is 11.7 Å². The van der Waals surface area contributed by atoms with Crippen molar-refractivity contribution in [2.24, 2.45) is 0 Å². The van der Waals surface area contributed by atoms with Crippen LogP contribution in [0.1, 0.15) is 18.4 Å². The summed E-state index contributed by atoms with van der Waals surface area (Å²) in [5.74, 6) is 0. The lowest BCUT2D eigenvalue weighted by Gasteiger charge is -2.20. The van der Waals surface area contributed by atoms with Crippen LogP contribution >= 0.6 is 22.6 Å². The van der Waals surface area contributed by atoms with Gasteiger partial charge in [0.2, 0.25) is 0 Å². The monoisotopic (exact) mass is 341 g/mol. The molecule has 0 aliphatic carbocycles. The minimum absolute atomic E-state index is 0.570. The third-order valence-corrected chi connectivity index (χ3v) is 3.59. The molecular weight excluding hydrogens is 330 g/mol. The molecule has 1 saturated heterocycles. The molecule has 0 spiro atoms. The summed E-state index contributed by atoms with van der Waals surface area (Å²) in [5, 5.41) is 0. The highest BCUT2D eigenvalue weighted by molar-refractivity contribution is 14.1. The molecule has 0 bridgehead atoms. The first-order chi connectivity index (χ1) is 7.48. The van der Waals surface area contributed by atoms with Gasteiger partial charge >= 0.3 is 6.18 Å². The second-order valence-electron chi connectivity index (χ2n) is 3.86. The first-order valence-electron chi connectivity index (χ1n) is 5.10. The molecule has 0 N–H and O–H groups in total. The zero-order chi connectivity index (χ0) is 11.8. The van der Waals surface area contributed by atoms with Gasteiger partial charge < -0.3 is 4.90 Å². The maximum absolute atomic E-state index is 12.5. The molecule has 1 fully saturated rings. The van der Waals surface area contributed by atoms with E-state index in [2.05, 4.69) is 4.90 Å². The van der Waals surface area contributed by atoms with E-state index in [4.69, 9.17) is 0 Å². The molecule has 16 heavy (non-hydrogen) atoms. The Bertz CT molecular complexity index is 383. The van der Waals surface area contributed by atoms with E-state index in [1.807, 2.05) is 22.6 Å². The quantitative estimate of drug-likeness (QED) is 0.700. The molecule has 0 amide bonds. The summed E-state index contributed by atoms with van der Waals surface area (Å²) in [7, 11) is 0. The summed E-state index contributed by atoms with van der Waals surface area (Å²) < 4.78 is 38.1. The molecular formula is C11H11F3IN. The molecule has 1 nitrogen and oxygen atoms in total. The first kappa shape index (κ1) is 12.0. The van der Waals surface area contributed by atoms with E-state index in [-0.39, 0.29) is 0 Å². The highest BCUT2D eigenvalue weighted by Crippen LogP contribution is 2.34. The smallest absolute Gasteiger partial charge is 0.371 e. The van der Waals surface area contributed by atoms with Crippen molar-refractivity contribution in [2.75, 3.05) is 18.0 Å². The fourth-order valence-corrected chi connectivity index (χ4v) is 2.75. The average Bonchev–Trinajstić information content (AvgIpc) is 2.69. The van der Waals surface area contributed by atoms with Crippen LogP contribution in [0.5, 0.6) is 0 Å². The number of benzene rings is 1. The highest BCUT2D eigenvalue weighted by Gasteiger charge is 2.31. The predicted octanol–water partition coefficient (Wildman–Crippen LogP) is 3.91. The summed E-state index contributed by atoms with van der Waals surface area (Å²) in [6.07, 6.45) is -2.00. The fraction of sp³-hybridized carbons (Fsp3) is 0.455. The number of alkyl halides is 3. The van der Waals surface area contributed by atoms with Gasteiger partial charge in [0.25, 0.3) is 0 Å². The Morgan fingerprint density at radius 1 is 1.12 bits per heavy atom. The lowest BCUT2D eigenvalue weighted by molar-refractivity contribution is -0.137. The SMILES string of the molecule is FC(F)(F)c1ccc(N2CCCC2)c(I)c1. The molecule has 1 aromatic carbocycles. The van der Waals surface area contributed by atoms with Gasteiger partial charge in [0.1, 0.15) is 0 Å². The van der Waals surface area contributed by atoms with E-state index in [9.17, 15) is 13.2 Å². The number of nitrogens with zero attached hydrogens (tertiary/aromatic N) is 1. The number of anilines is 1. The summed E-state index contributed by atoms with van der Waals surface area (Å²) in [6.45, 7) is 1.89. The maximum atomic E-state index is 12.5. The number of rotatable bonds is 1. The second kappa shape index (κ2) is 4.43. The molecule has 1 heterocycles. The van der Waals surface area contributed by atoms with Crippen molar-refractivity contribution in [1.82, 2.24) is 0 Å². The molecule has 2 rings (SSSR count). The van der Waals surface area contributed by atoms with Crippen molar-refractivity contribution < 1.29 is 13.2 Å². The normalized spacial score (nSPS) is 16.9. The first-order valence-corrected chi connectivity index (χ1v) is 6.18. The van der Waals surface area contributed by atoms with Crippen LogP contribution < -0.4 is 4.90 Å². The molecule has 0 saturated carbocycles. The van der Waals surface area contributed by atoms with Gasteiger partial charge in [-0.05, 0) is 53.6 Å². The van der Waals surface area contributed by atoms with E-state index in [0.29, 0.717) is 3.57 Å². The Morgan fingerprint density at radius 2 is 1.75 bits per heavy atom. The van der Waals surface area contributed by atoms with Gasteiger partial charge in [0.05, 0.1) is 11.3 Å². The zero-order valence-electron chi connectivity index (χ0n) is 8.52. The summed E-state index contributed by atoms with van der Waals surface area (Å²) in [5.41, 5.74) is 0.353. The van der Waals surface area contributed by atoms with Crippen LogP contribution in [0.2, 0.25) is 0 Å². The Morgan fingerprint density at radius 3 is 2.25 bits per heavy atom. The number of halogens is 4. The largest absolute Gasteiger partial charge is 0.416 e. The summed E-state index contributed by atoms with van der Waals surface area (Å²) in [4.78, 5) is 2.14. The van der Waals surface area contributed by atoms with Crippen molar-refractivity contribution in [2.45, 2.75) is 19.0 Å². The maximum Gasteiger partial charge on any atom is 0.416 e. The number of hydrogen-bond acceptors (Lipinski definition) is 1. The van der Waals surface area contributed by atoms with Crippen LogP contribution in [0.15, 0.2) is 18.2 Å². The van der Waals surface area contributed by atoms with Crippen molar-refractivity contribution in [3.8, 4) is 0 Å². The van der Waals surface area contributed by atoms with E-state index in [1.165, 1.54) is 6.07 Å². The van der Waals surface area contributed by atoms with Gasteiger partial charge in [-0.15, -0.1) is 0 Å². The lowest BCUT2D eigenvalue weighted by atomic mass is 10.2.